The van der Waals surface area contributed by atoms with Crippen LogP contribution < -0.4 is 15.5 Å². The number of allylic oxidation sites excluding steroid dienone is 1. The van der Waals surface area contributed by atoms with Gasteiger partial charge in [0.1, 0.15) is 5.60 Å². The molecule has 1 amide bonds. The van der Waals surface area contributed by atoms with Gasteiger partial charge in [-0.25, -0.2) is 9.78 Å². The topological polar surface area (TPSA) is 117 Å². The van der Waals surface area contributed by atoms with E-state index >= 15 is 0 Å². The number of ether oxygens (including phenoxy) is 1. The minimum atomic E-state index is -0.560. The first-order chi connectivity index (χ1) is 20.7. The van der Waals surface area contributed by atoms with Crippen LogP contribution in [-0.4, -0.2) is 68.1 Å². The van der Waals surface area contributed by atoms with E-state index in [2.05, 4.69) is 64.1 Å². The molecule has 0 radical (unpaired) electrons. The number of imidazole rings is 1. The minimum Gasteiger partial charge on any atom is -0.444 e. The van der Waals surface area contributed by atoms with E-state index in [4.69, 9.17) is 19.7 Å². The van der Waals surface area contributed by atoms with Gasteiger partial charge in [0.15, 0.2) is 17.0 Å². The van der Waals surface area contributed by atoms with Crippen LogP contribution in [0.25, 0.3) is 11.2 Å². The molecule has 43 heavy (non-hydrogen) atoms. The van der Waals surface area contributed by atoms with Gasteiger partial charge in [-0.3, -0.25) is 0 Å². The third-order valence-electron chi connectivity index (χ3n) is 7.87. The summed E-state index contributed by atoms with van der Waals surface area (Å²) in [4.78, 5) is 29.2. The molecule has 3 atom stereocenters. The molecule has 10 heteroatoms. The Morgan fingerprint density at radius 3 is 2.37 bits per heavy atom. The summed E-state index contributed by atoms with van der Waals surface area (Å²) in [6, 6.07) is 20.8. The maximum Gasteiger partial charge on any atom is 0.407 e. The van der Waals surface area contributed by atoms with Gasteiger partial charge in [0.2, 0.25) is 5.95 Å². The zero-order chi connectivity index (χ0) is 30.0. The normalized spacial score (nSPS) is 20.2. The minimum absolute atomic E-state index is 0.0443. The fourth-order valence-electron chi connectivity index (χ4n) is 5.81. The van der Waals surface area contributed by atoms with Crippen molar-refractivity contribution in [2.45, 2.75) is 63.3 Å². The van der Waals surface area contributed by atoms with E-state index < -0.39 is 17.8 Å². The first kappa shape index (κ1) is 28.7. The Morgan fingerprint density at radius 1 is 1.05 bits per heavy atom. The van der Waals surface area contributed by atoms with Crippen molar-refractivity contribution in [1.82, 2.24) is 24.8 Å². The van der Waals surface area contributed by atoms with E-state index in [0.717, 1.165) is 6.42 Å². The highest BCUT2D eigenvalue weighted by Crippen LogP contribution is 2.32. The van der Waals surface area contributed by atoms with Gasteiger partial charge >= 0.3 is 6.09 Å². The number of nitrogens with one attached hydrogen (secondary N) is 2. The third kappa shape index (κ3) is 6.64. The van der Waals surface area contributed by atoms with E-state index in [9.17, 15) is 9.90 Å². The summed E-state index contributed by atoms with van der Waals surface area (Å²) in [5, 5.41) is 16.8. The van der Waals surface area contributed by atoms with Gasteiger partial charge < -0.3 is 29.9 Å². The second-order valence-electron chi connectivity index (χ2n) is 12.3. The number of aliphatic hydroxyl groups is 1. The van der Waals surface area contributed by atoms with Crippen molar-refractivity contribution in [3.05, 3.63) is 90.3 Å². The number of carbonyl (C=O) groups excluding carboxylic acids is 1. The number of aliphatic hydroxyl groups excluding tert-OH is 1. The number of nitrogens with zero attached hydrogens (tertiary/aromatic N) is 5. The number of aromatic nitrogens is 4. The predicted octanol–water partition coefficient (Wildman–Crippen LogP) is 5.04. The molecule has 1 aliphatic heterocycles. The van der Waals surface area contributed by atoms with E-state index in [-0.39, 0.29) is 18.0 Å². The zero-order valence-electron chi connectivity index (χ0n) is 24.9. The van der Waals surface area contributed by atoms with Crippen molar-refractivity contribution in [1.29, 1.82) is 0 Å². The fourth-order valence-corrected chi connectivity index (χ4v) is 5.81. The van der Waals surface area contributed by atoms with E-state index in [0.29, 0.717) is 49.0 Å². The van der Waals surface area contributed by atoms with Crippen molar-refractivity contribution in [2.75, 3.05) is 29.9 Å². The second-order valence-corrected chi connectivity index (χ2v) is 12.3. The number of fused-ring (bicyclic) bond motifs is 1. The van der Waals surface area contributed by atoms with Crippen molar-refractivity contribution >= 4 is 29.0 Å². The fraction of sp³-hybridized carbons (Fsp3) is 0.394. The summed E-state index contributed by atoms with van der Waals surface area (Å²) in [6.45, 7) is 7.43. The van der Waals surface area contributed by atoms with Crippen molar-refractivity contribution < 1.29 is 14.6 Å². The lowest BCUT2D eigenvalue weighted by Gasteiger charge is -2.22. The molecule has 3 heterocycles. The predicted molar refractivity (Wildman–Crippen MR) is 167 cm³/mol. The Kier molecular flexibility index (Phi) is 8.03. The van der Waals surface area contributed by atoms with E-state index in [1.54, 1.807) is 6.33 Å². The van der Waals surface area contributed by atoms with Crippen LogP contribution in [0.3, 0.4) is 0 Å². The Labute approximate surface area is 251 Å². The quantitative estimate of drug-likeness (QED) is 0.248. The average Bonchev–Trinajstić information content (AvgIpc) is 3.73. The van der Waals surface area contributed by atoms with Gasteiger partial charge in [-0.2, -0.15) is 9.97 Å². The van der Waals surface area contributed by atoms with Crippen LogP contribution in [-0.2, 0) is 4.74 Å². The standard InChI is InChI=1S/C33H39N7O3/c1-33(2,3)43-32(42)36-24-16-17-39(20-24)31-37-29(28-30(38-31)40(21-35-28)25-14-15-26(41)18-25)34-19-27(22-10-6-4-7-11-22)23-12-8-5-9-13-23/h4-15,21,24-27,41H,16-20H2,1-3H3,(H,36,42)(H,34,37,38)/t24-,25+,26-/m1/s1. The lowest BCUT2D eigenvalue weighted by Crippen LogP contribution is -2.40. The number of hydrogen-bond donors (Lipinski definition) is 3. The number of benzene rings is 2. The van der Waals surface area contributed by atoms with Crippen LogP contribution in [0, 0.1) is 0 Å². The molecule has 3 N–H and O–H groups in total. The molecule has 4 aromatic rings. The van der Waals surface area contributed by atoms with E-state index in [1.807, 2.05) is 49.6 Å². The van der Waals surface area contributed by atoms with Crippen LogP contribution in [0.2, 0.25) is 0 Å². The summed E-state index contributed by atoms with van der Waals surface area (Å²) in [5.74, 6) is 1.32. The third-order valence-corrected chi connectivity index (χ3v) is 7.87. The Balaban J connectivity index is 1.30. The van der Waals surface area contributed by atoms with Crippen LogP contribution in [0.5, 0.6) is 0 Å². The molecule has 0 saturated carbocycles. The molecular weight excluding hydrogens is 542 g/mol. The van der Waals surface area contributed by atoms with Crippen LogP contribution in [0.4, 0.5) is 16.6 Å². The largest absolute Gasteiger partial charge is 0.444 e. The smallest absolute Gasteiger partial charge is 0.407 e. The summed E-state index contributed by atoms with van der Waals surface area (Å²) in [6.07, 6.45) is 6.01. The van der Waals surface area contributed by atoms with Gasteiger partial charge in [-0.1, -0.05) is 72.8 Å². The van der Waals surface area contributed by atoms with Gasteiger partial charge in [0.25, 0.3) is 0 Å². The summed E-state index contributed by atoms with van der Waals surface area (Å²) in [5.41, 5.74) is 3.24. The van der Waals surface area contributed by atoms with Crippen LogP contribution >= 0.6 is 0 Å². The number of alkyl carbamates (subject to hydrolysis) is 1. The number of carbonyl (C=O) groups is 1. The molecule has 1 aliphatic carbocycles. The van der Waals surface area contributed by atoms with Crippen LogP contribution in [0.15, 0.2) is 79.1 Å². The van der Waals surface area contributed by atoms with Crippen molar-refractivity contribution in [3.63, 3.8) is 0 Å². The summed E-state index contributed by atoms with van der Waals surface area (Å²) >= 11 is 0. The summed E-state index contributed by atoms with van der Waals surface area (Å²) in [7, 11) is 0. The molecule has 0 bridgehead atoms. The zero-order valence-corrected chi connectivity index (χ0v) is 24.9. The molecule has 2 aliphatic rings. The molecule has 10 nitrogen and oxygen atoms in total. The Bertz CT molecular complexity index is 1540. The highest BCUT2D eigenvalue weighted by Gasteiger charge is 2.30. The molecule has 6 rings (SSSR count). The maximum atomic E-state index is 12.4. The van der Waals surface area contributed by atoms with Gasteiger partial charge in [0, 0.05) is 32.0 Å². The maximum absolute atomic E-state index is 12.4. The van der Waals surface area contributed by atoms with Crippen molar-refractivity contribution in [2.24, 2.45) is 0 Å². The number of anilines is 2. The monoisotopic (exact) mass is 581 g/mol. The van der Waals surface area contributed by atoms with E-state index in [1.165, 1.54) is 11.1 Å². The number of rotatable bonds is 8. The average molecular weight is 582 g/mol. The molecule has 0 spiro atoms. The molecular formula is C33H39N7O3. The van der Waals surface area contributed by atoms with Gasteiger partial charge in [0.05, 0.1) is 24.5 Å². The molecule has 2 aromatic heterocycles. The Morgan fingerprint density at radius 2 is 1.74 bits per heavy atom. The number of hydrogen-bond acceptors (Lipinski definition) is 8. The van der Waals surface area contributed by atoms with Crippen LogP contribution in [0.1, 0.15) is 56.7 Å². The van der Waals surface area contributed by atoms with Gasteiger partial charge in [-0.15, -0.1) is 0 Å². The summed E-state index contributed by atoms with van der Waals surface area (Å²) < 4.78 is 7.48. The lowest BCUT2D eigenvalue weighted by molar-refractivity contribution is 0.0509. The highest BCUT2D eigenvalue weighted by atomic mass is 16.6. The van der Waals surface area contributed by atoms with Crippen molar-refractivity contribution in [3.8, 4) is 0 Å². The molecule has 1 saturated heterocycles. The first-order valence-corrected chi connectivity index (χ1v) is 14.9. The molecule has 0 unspecified atom stereocenters. The number of amides is 1. The molecule has 224 valence electrons. The van der Waals surface area contributed by atoms with Gasteiger partial charge in [-0.05, 0) is 38.3 Å². The SMILES string of the molecule is CC(C)(C)OC(=O)N[C@@H]1CCN(c2nc(NCC(c3ccccc3)c3ccccc3)c3ncn([C@H]4C=C[C@@H](O)C4)c3n2)C1. The molecule has 1 fully saturated rings. The molecule has 2 aromatic carbocycles. The Hall–Kier alpha value is -4.44. The highest BCUT2D eigenvalue weighted by molar-refractivity contribution is 5.84. The lowest BCUT2D eigenvalue weighted by atomic mass is 9.91. The second kappa shape index (κ2) is 12.0. The first-order valence-electron chi connectivity index (χ1n) is 14.9.